The van der Waals surface area contributed by atoms with Gasteiger partial charge in [0.05, 0.1) is 6.61 Å². The van der Waals surface area contributed by atoms with Crippen molar-refractivity contribution in [3.8, 4) is 0 Å². The number of aliphatic carboxylic acids is 1. The summed E-state index contributed by atoms with van der Waals surface area (Å²) in [5, 5.41) is 31.5. The van der Waals surface area contributed by atoms with E-state index in [4.69, 9.17) is 23.7 Å². The number of esters is 3. The lowest BCUT2D eigenvalue weighted by molar-refractivity contribution is -0.301. The smallest absolute Gasteiger partial charge is 0.335 e. The molecule has 1 heterocycles. The van der Waals surface area contributed by atoms with Crippen molar-refractivity contribution in [3.63, 3.8) is 0 Å². The summed E-state index contributed by atoms with van der Waals surface area (Å²) in [7, 11) is 0. The molecule has 0 radical (unpaired) electrons. The number of allylic oxidation sites excluding steroid dienone is 22. The predicted molar refractivity (Wildman–Crippen MR) is 312 cm³/mol. The Morgan fingerprint density at radius 3 is 1.29 bits per heavy atom. The Kier molecular flexibility index (Phi) is 46.8. The standard InChI is InChI=1S/C65H100O12/c1-4-7-10-13-16-19-22-25-27-28-29-30-32-34-36-39-42-45-48-51-57(66)73-54-56(75-58(67)52-49-46-43-40-38-35-31-26-23-20-17-14-11-8-5-2)55-74-65-63(61(70)60(69)62(77-65)64(71)72)76-59(68)53-50-47-44-41-37-33-24-21-18-15-12-9-6-3/h7-8,10-12,15-17,19-21,24-27,29-31,34,36,38,40,56,60-63,65,69-70H,4-6,9,13-14,18,22-23,28,32-33,35,37,39,41-55H2,1-3H3,(H,71,72)/b10-7-,11-8-,15-12-,19-16-,20-17-,24-21-,27-25-,30-29-,31-26-,36-34-,40-38-. The van der Waals surface area contributed by atoms with E-state index in [1.165, 1.54) is 0 Å². The van der Waals surface area contributed by atoms with Gasteiger partial charge in [0.1, 0.15) is 18.8 Å². The molecule has 77 heavy (non-hydrogen) atoms. The van der Waals surface area contributed by atoms with E-state index < -0.39 is 67.3 Å². The van der Waals surface area contributed by atoms with Crippen LogP contribution >= 0.6 is 0 Å². The molecule has 432 valence electrons. The lowest BCUT2D eigenvalue weighted by atomic mass is 9.98. The Morgan fingerprint density at radius 2 is 0.818 bits per heavy atom. The van der Waals surface area contributed by atoms with E-state index in [0.717, 1.165) is 141 Å². The number of unbranched alkanes of at least 4 members (excludes halogenated alkanes) is 11. The van der Waals surface area contributed by atoms with Crippen molar-refractivity contribution in [1.29, 1.82) is 0 Å². The molecular formula is C65H100O12. The molecule has 0 aromatic rings. The minimum atomic E-state index is -1.93. The summed E-state index contributed by atoms with van der Waals surface area (Å²) in [6.07, 6.45) is 60.0. The first-order valence-corrected chi connectivity index (χ1v) is 29.2. The molecule has 1 fully saturated rings. The first-order valence-electron chi connectivity index (χ1n) is 29.2. The van der Waals surface area contributed by atoms with Crippen LogP contribution in [0.2, 0.25) is 0 Å². The number of carboxylic acids is 1. The second-order valence-electron chi connectivity index (χ2n) is 19.2. The van der Waals surface area contributed by atoms with Gasteiger partial charge in [-0.1, -0.05) is 187 Å². The molecule has 0 spiro atoms. The van der Waals surface area contributed by atoms with Crippen molar-refractivity contribution in [1.82, 2.24) is 0 Å². The molecule has 1 saturated heterocycles. The van der Waals surface area contributed by atoms with Gasteiger partial charge in [-0.25, -0.2) is 4.79 Å². The minimum Gasteiger partial charge on any atom is -0.479 e. The van der Waals surface area contributed by atoms with Gasteiger partial charge in [0.15, 0.2) is 24.6 Å². The Morgan fingerprint density at radius 1 is 0.442 bits per heavy atom. The van der Waals surface area contributed by atoms with Gasteiger partial charge in [0.25, 0.3) is 0 Å². The molecule has 3 N–H and O–H groups in total. The molecule has 1 aliphatic heterocycles. The molecule has 0 aromatic carbocycles. The third kappa shape index (κ3) is 41.6. The van der Waals surface area contributed by atoms with Gasteiger partial charge in [-0.05, 0) is 128 Å². The van der Waals surface area contributed by atoms with Gasteiger partial charge in [-0.2, -0.15) is 0 Å². The van der Waals surface area contributed by atoms with Crippen molar-refractivity contribution >= 4 is 23.9 Å². The van der Waals surface area contributed by atoms with Gasteiger partial charge >= 0.3 is 23.9 Å². The highest BCUT2D eigenvalue weighted by Gasteiger charge is 2.50. The molecule has 0 aliphatic carbocycles. The monoisotopic (exact) mass is 1070 g/mol. The number of carbonyl (C=O) groups excluding carboxylic acids is 3. The fourth-order valence-electron chi connectivity index (χ4n) is 7.77. The normalized spacial score (nSPS) is 19.0. The third-order valence-electron chi connectivity index (χ3n) is 12.2. The van der Waals surface area contributed by atoms with Crippen molar-refractivity contribution in [2.75, 3.05) is 13.2 Å². The molecule has 0 aromatic heterocycles. The van der Waals surface area contributed by atoms with Gasteiger partial charge in [-0.3, -0.25) is 14.4 Å². The predicted octanol–water partition coefficient (Wildman–Crippen LogP) is 15.0. The summed E-state index contributed by atoms with van der Waals surface area (Å²) in [4.78, 5) is 51.1. The quantitative estimate of drug-likeness (QED) is 0.0228. The van der Waals surface area contributed by atoms with Gasteiger partial charge in [0.2, 0.25) is 0 Å². The average molecular weight is 1070 g/mol. The summed E-state index contributed by atoms with van der Waals surface area (Å²) < 4.78 is 28.3. The molecule has 12 heteroatoms. The number of hydrogen-bond donors (Lipinski definition) is 3. The maximum atomic E-state index is 13.1. The number of carboxylic acid groups (broad SMARTS) is 1. The zero-order chi connectivity index (χ0) is 56.1. The van der Waals surface area contributed by atoms with E-state index in [1.807, 2.05) is 0 Å². The molecule has 0 amide bonds. The Bertz CT molecular complexity index is 1850. The molecule has 0 bridgehead atoms. The Hall–Kier alpha value is -5.14. The van der Waals surface area contributed by atoms with Gasteiger partial charge in [-0.15, -0.1) is 0 Å². The Balaban J connectivity index is 2.76. The second-order valence-corrected chi connectivity index (χ2v) is 19.2. The van der Waals surface area contributed by atoms with Gasteiger partial charge < -0.3 is 39.0 Å². The highest BCUT2D eigenvalue weighted by atomic mass is 16.7. The van der Waals surface area contributed by atoms with E-state index in [-0.39, 0.29) is 25.9 Å². The third-order valence-corrected chi connectivity index (χ3v) is 12.2. The van der Waals surface area contributed by atoms with E-state index >= 15 is 0 Å². The minimum absolute atomic E-state index is 0.0280. The highest BCUT2D eigenvalue weighted by Crippen LogP contribution is 2.26. The molecule has 0 saturated carbocycles. The largest absolute Gasteiger partial charge is 0.479 e. The summed E-state index contributed by atoms with van der Waals surface area (Å²) >= 11 is 0. The van der Waals surface area contributed by atoms with Crippen molar-refractivity contribution < 1.29 is 58.2 Å². The fourth-order valence-corrected chi connectivity index (χ4v) is 7.77. The van der Waals surface area contributed by atoms with Crippen molar-refractivity contribution in [3.05, 3.63) is 134 Å². The zero-order valence-corrected chi connectivity index (χ0v) is 47.4. The summed E-state index contributed by atoms with van der Waals surface area (Å²) in [5.41, 5.74) is 0. The van der Waals surface area contributed by atoms with Crippen LogP contribution in [0.5, 0.6) is 0 Å². The number of carbonyl (C=O) groups is 4. The number of ether oxygens (including phenoxy) is 5. The van der Waals surface area contributed by atoms with E-state index in [9.17, 15) is 34.5 Å². The van der Waals surface area contributed by atoms with Crippen LogP contribution in [0.15, 0.2) is 134 Å². The van der Waals surface area contributed by atoms with Gasteiger partial charge in [0, 0.05) is 19.3 Å². The van der Waals surface area contributed by atoms with Crippen LogP contribution in [0, 0.1) is 0 Å². The van der Waals surface area contributed by atoms with E-state index in [2.05, 4.69) is 154 Å². The van der Waals surface area contributed by atoms with Crippen LogP contribution in [0.1, 0.15) is 201 Å². The Labute approximate surface area is 464 Å². The summed E-state index contributed by atoms with van der Waals surface area (Å²) in [6.45, 7) is 5.60. The van der Waals surface area contributed by atoms with Crippen LogP contribution in [0.25, 0.3) is 0 Å². The topological polar surface area (TPSA) is 175 Å². The van der Waals surface area contributed by atoms with E-state index in [1.54, 1.807) is 0 Å². The van der Waals surface area contributed by atoms with Crippen LogP contribution < -0.4 is 0 Å². The lowest BCUT2D eigenvalue weighted by Gasteiger charge is -2.40. The highest BCUT2D eigenvalue weighted by molar-refractivity contribution is 5.74. The molecular weight excluding hydrogens is 973 g/mol. The van der Waals surface area contributed by atoms with E-state index in [0.29, 0.717) is 19.3 Å². The van der Waals surface area contributed by atoms with Crippen LogP contribution in [-0.4, -0.2) is 89.2 Å². The molecule has 6 atom stereocenters. The number of aliphatic hydroxyl groups excluding tert-OH is 2. The number of aliphatic hydroxyl groups is 2. The maximum absolute atomic E-state index is 13.1. The second kappa shape index (κ2) is 51.6. The number of hydrogen-bond acceptors (Lipinski definition) is 11. The molecule has 1 rings (SSSR count). The molecule has 12 nitrogen and oxygen atoms in total. The number of rotatable bonds is 47. The summed E-state index contributed by atoms with van der Waals surface area (Å²) in [6, 6.07) is 0. The SMILES string of the molecule is CC/C=C\C/C=C\C/C=C\C/C=C\C/C=C\CCCCCC(=O)OCC(COC1OC(C(=O)O)C(O)C(O)C1OC(=O)CCCCCCC/C=C\C/C=C\CCC)OC(=O)CCCC/C=C\C/C=C\C/C=C\C/C=C\CC. The average Bonchev–Trinajstić information content (AvgIpc) is 3.42. The lowest BCUT2D eigenvalue weighted by Crippen LogP contribution is -2.61. The zero-order valence-electron chi connectivity index (χ0n) is 47.4. The van der Waals surface area contributed by atoms with Crippen molar-refractivity contribution in [2.45, 2.75) is 237 Å². The fraction of sp³-hybridized carbons (Fsp3) is 0.600. The maximum Gasteiger partial charge on any atom is 0.335 e. The molecule has 6 unspecified atom stereocenters. The van der Waals surface area contributed by atoms with Crippen molar-refractivity contribution in [2.24, 2.45) is 0 Å². The van der Waals surface area contributed by atoms with Crippen LogP contribution in [0.3, 0.4) is 0 Å². The van der Waals surface area contributed by atoms with Crippen LogP contribution in [0.4, 0.5) is 0 Å². The van der Waals surface area contributed by atoms with Crippen LogP contribution in [-0.2, 0) is 42.9 Å². The first-order chi connectivity index (χ1) is 37.6. The first kappa shape index (κ1) is 69.9. The molecule has 1 aliphatic rings. The summed E-state index contributed by atoms with van der Waals surface area (Å²) in [5.74, 6) is -3.26.